The first-order valence-electron chi connectivity index (χ1n) is 16.7. The van der Waals surface area contributed by atoms with E-state index in [1.807, 2.05) is 6.92 Å². The third kappa shape index (κ3) is 30.2. The standard InChI is InChI=1S/C32H62NO8P/c1-3-5-7-8-9-10-11-12-13-14-15-16-17-18-19-20-21-23-24-31(35)33-26-27-40-42(37,38)41-29-30(34)28-39-32(36)25-22-6-4-2/h13-14,30,34H,3-12,15-29H2,1-2H3,(H,33,35)(H,37,38)/b14-13-. The van der Waals surface area contributed by atoms with E-state index in [0.717, 1.165) is 38.5 Å². The van der Waals surface area contributed by atoms with Gasteiger partial charge in [0.05, 0.1) is 13.2 Å². The van der Waals surface area contributed by atoms with Crippen LogP contribution in [0.25, 0.3) is 0 Å². The molecule has 0 aliphatic rings. The number of esters is 1. The van der Waals surface area contributed by atoms with Gasteiger partial charge in [0.25, 0.3) is 0 Å². The number of allylic oxidation sites excluding steroid dienone is 2. The van der Waals surface area contributed by atoms with Crippen molar-refractivity contribution in [2.45, 2.75) is 155 Å². The van der Waals surface area contributed by atoms with Crippen molar-refractivity contribution in [3.8, 4) is 0 Å². The van der Waals surface area contributed by atoms with Gasteiger partial charge >= 0.3 is 13.8 Å². The van der Waals surface area contributed by atoms with Crippen LogP contribution in [0.3, 0.4) is 0 Å². The van der Waals surface area contributed by atoms with E-state index in [9.17, 15) is 24.2 Å². The monoisotopic (exact) mass is 619 g/mol. The number of carbonyl (C=O) groups is 2. The molecule has 2 atom stereocenters. The van der Waals surface area contributed by atoms with E-state index in [1.165, 1.54) is 83.5 Å². The molecule has 0 aromatic heterocycles. The molecular weight excluding hydrogens is 557 g/mol. The Hall–Kier alpha value is -1.25. The van der Waals surface area contributed by atoms with Gasteiger partial charge in [-0.3, -0.25) is 18.6 Å². The van der Waals surface area contributed by atoms with Crippen LogP contribution < -0.4 is 5.32 Å². The normalized spacial score (nSPS) is 13.7. The first-order chi connectivity index (χ1) is 20.3. The van der Waals surface area contributed by atoms with E-state index < -0.39 is 26.5 Å². The number of ether oxygens (including phenoxy) is 1. The Kier molecular flexibility index (Phi) is 28.9. The maximum Gasteiger partial charge on any atom is 0.472 e. The second-order valence-corrected chi connectivity index (χ2v) is 12.6. The minimum atomic E-state index is -4.39. The number of aliphatic hydroxyl groups is 1. The van der Waals surface area contributed by atoms with Crippen molar-refractivity contribution >= 4 is 19.7 Å². The predicted molar refractivity (Wildman–Crippen MR) is 169 cm³/mol. The lowest BCUT2D eigenvalue weighted by molar-refractivity contribution is -0.147. The van der Waals surface area contributed by atoms with Crippen LogP contribution in [0.2, 0.25) is 0 Å². The second kappa shape index (κ2) is 29.8. The lowest BCUT2D eigenvalue weighted by Crippen LogP contribution is -2.27. The lowest BCUT2D eigenvalue weighted by atomic mass is 10.1. The summed E-state index contributed by atoms with van der Waals surface area (Å²) in [7, 11) is -4.39. The van der Waals surface area contributed by atoms with Crippen LogP contribution in [0.1, 0.15) is 149 Å². The van der Waals surface area contributed by atoms with Gasteiger partial charge in [0.15, 0.2) is 0 Å². The SMILES string of the molecule is CCCCCCCCC/C=C\CCCCCCCCCC(=O)NCCOP(=O)(O)OCC(O)COC(=O)CCCCC. The van der Waals surface area contributed by atoms with Crippen LogP contribution in [-0.4, -0.2) is 54.3 Å². The minimum Gasteiger partial charge on any atom is -0.463 e. The molecule has 0 heterocycles. The molecule has 42 heavy (non-hydrogen) atoms. The van der Waals surface area contributed by atoms with Crippen LogP contribution in [-0.2, 0) is 27.9 Å². The summed E-state index contributed by atoms with van der Waals surface area (Å²) in [6.07, 6.45) is 26.6. The molecule has 0 fully saturated rings. The van der Waals surface area contributed by atoms with Crippen LogP contribution in [0.5, 0.6) is 0 Å². The molecule has 248 valence electrons. The van der Waals surface area contributed by atoms with E-state index in [1.54, 1.807) is 0 Å². The largest absolute Gasteiger partial charge is 0.472 e. The molecule has 0 saturated heterocycles. The number of phosphoric acid groups is 1. The van der Waals surface area contributed by atoms with E-state index >= 15 is 0 Å². The predicted octanol–water partition coefficient (Wildman–Crippen LogP) is 7.93. The van der Waals surface area contributed by atoms with Crippen LogP contribution in [0, 0.1) is 0 Å². The van der Waals surface area contributed by atoms with Gasteiger partial charge in [-0.2, -0.15) is 0 Å². The van der Waals surface area contributed by atoms with Crippen molar-refractivity contribution in [2.24, 2.45) is 0 Å². The summed E-state index contributed by atoms with van der Waals surface area (Å²) < 4.78 is 26.4. The van der Waals surface area contributed by atoms with Crippen molar-refractivity contribution in [1.29, 1.82) is 0 Å². The number of unbranched alkanes of at least 4 members (excludes halogenated alkanes) is 16. The molecule has 0 rings (SSSR count). The van der Waals surface area contributed by atoms with Crippen molar-refractivity contribution in [2.75, 3.05) is 26.4 Å². The summed E-state index contributed by atoms with van der Waals surface area (Å²) in [6.45, 7) is 3.33. The Morgan fingerprint density at radius 1 is 0.714 bits per heavy atom. The third-order valence-corrected chi connectivity index (χ3v) is 7.93. The second-order valence-electron chi connectivity index (χ2n) is 11.1. The number of amides is 1. The fourth-order valence-corrected chi connectivity index (χ4v) is 5.13. The van der Waals surface area contributed by atoms with E-state index in [4.69, 9.17) is 13.8 Å². The van der Waals surface area contributed by atoms with Crippen molar-refractivity contribution in [3.63, 3.8) is 0 Å². The highest BCUT2D eigenvalue weighted by molar-refractivity contribution is 7.47. The number of rotatable bonds is 31. The molecule has 0 aromatic carbocycles. The Balaban J connectivity index is 3.55. The average Bonchev–Trinajstić information content (AvgIpc) is 2.97. The number of aliphatic hydroxyl groups excluding tert-OH is 1. The summed E-state index contributed by atoms with van der Waals surface area (Å²) in [5.74, 6) is -0.545. The molecule has 1 amide bonds. The van der Waals surface area contributed by atoms with Gasteiger partial charge in [0.2, 0.25) is 5.91 Å². The molecule has 0 bridgehead atoms. The van der Waals surface area contributed by atoms with Gasteiger partial charge in [-0.15, -0.1) is 0 Å². The highest BCUT2D eigenvalue weighted by Gasteiger charge is 2.23. The molecule has 0 aliphatic heterocycles. The third-order valence-electron chi connectivity index (χ3n) is 6.95. The van der Waals surface area contributed by atoms with Crippen molar-refractivity contribution in [3.05, 3.63) is 12.2 Å². The highest BCUT2D eigenvalue weighted by Crippen LogP contribution is 2.42. The molecule has 0 radical (unpaired) electrons. The Labute approximate surface area is 256 Å². The minimum absolute atomic E-state index is 0.0815. The molecule has 0 saturated carbocycles. The molecular formula is C32H62NO8P. The molecule has 0 spiro atoms. The zero-order valence-electron chi connectivity index (χ0n) is 26.7. The summed E-state index contributed by atoms with van der Waals surface area (Å²) in [6, 6.07) is 0. The molecule has 9 nitrogen and oxygen atoms in total. The highest BCUT2D eigenvalue weighted by atomic mass is 31.2. The molecule has 2 unspecified atom stereocenters. The maximum atomic E-state index is 12.0. The van der Waals surface area contributed by atoms with Crippen LogP contribution in [0.4, 0.5) is 0 Å². The fourth-order valence-electron chi connectivity index (χ4n) is 4.37. The zero-order valence-corrected chi connectivity index (χ0v) is 27.6. The molecule has 0 aliphatic carbocycles. The van der Waals surface area contributed by atoms with Crippen molar-refractivity contribution < 1.29 is 37.9 Å². The van der Waals surface area contributed by atoms with Crippen molar-refractivity contribution in [1.82, 2.24) is 5.32 Å². The van der Waals surface area contributed by atoms with E-state index in [2.05, 4.69) is 24.4 Å². The van der Waals surface area contributed by atoms with Gasteiger partial charge in [-0.25, -0.2) is 4.57 Å². The van der Waals surface area contributed by atoms with Crippen LogP contribution in [0.15, 0.2) is 12.2 Å². The average molecular weight is 620 g/mol. The van der Waals surface area contributed by atoms with Gasteiger partial charge in [-0.1, -0.05) is 109 Å². The smallest absolute Gasteiger partial charge is 0.463 e. The number of hydrogen-bond donors (Lipinski definition) is 3. The number of nitrogens with one attached hydrogen (secondary N) is 1. The Morgan fingerprint density at radius 2 is 1.21 bits per heavy atom. The first kappa shape index (κ1) is 40.8. The maximum absolute atomic E-state index is 12.0. The zero-order chi connectivity index (χ0) is 31.2. The summed E-state index contributed by atoms with van der Waals surface area (Å²) >= 11 is 0. The first-order valence-corrected chi connectivity index (χ1v) is 18.2. The summed E-state index contributed by atoms with van der Waals surface area (Å²) in [5, 5.41) is 12.4. The van der Waals surface area contributed by atoms with E-state index in [-0.39, 0.29) is 32.1 Å². The Bertz CT molecular complexity index is 719. The fraction of sp³-hybridized carbons (Fsp3) is 0.875. The number of hydrogen-bond acceptors (Lipinski definition) is 7. The van der Waals surface area contributed by atoms with Gasteiger partial charge in [0.1, 0.15) is 12.7 Å². The lowest BCUT2D eigenvalue weighted by Gasteiger charge is -2.15. The van der Waals surface area contributed by atoms with Gasteiger partial charge in [0, 0.05) is 19.4 Å². The van der Waals surface area contributed by atoms with Gasteiger partial charge in [-0.05, 0) is 38.5 Å². The van der Waals surface area contributed by atoms with Gasteiger partial charge < -0.3 is 20.1 Å². The van der Waals surface area contributed by atoms with Crippen LogP contribution >= 0.6 is 7.82 Å². The molecule has 0 aromatic rings. The Morgan fingerprint density at radius 3 is 1.81 bits per heavy atom. The number of phosphoric ester groups is 1. The summed E-state index contributed by atoms with van der Waals surface area (Å²) in [5.41, 5.74) is 0. The topological polar surface area (TPSA) is 131 Å². The summed E-state index contributed by atoms with van der Waals surface area (Å²) in [4.78, 5) is 33.2. The molecule has 3 N–H and O–H groups in total. The van der Waals surface area contributed by atoms with E-state index in [0.29, 0.717) is 6.42 Å². The number of carbonyl (C=O) groups excluding carboxylic acids is 2. The molecule has 10 heteroatoms. The quantitative estimate of drug-likeness (QED) is 0.0309.